The molecule has 0 aromatic heterocycles. The van der Waals surface area contributed by atoms with Gasteiger partial charge in [0, 0.05) is 18.8 Å². The van der Waals surface area contributed by atoms with E-state index in [1.54, 1.807) is 6.07 Å². The second-order valence-corrected chi connectivity index (χ2v) is 6.18. The molecule has 0 saturated carbocycles. The Morgan fingerprint density at radius 1 is 0.680 bits per heavy atom. The molecule has 0 unspecified atom stereocenters. The van der Waals surface area contributed by atoms with Gasteiger partial charge in [-0.15, -0.1) is 0 Å². The van der Waals surface area contributed by atoms with E-state index in [9.17, 15) is 0 Å². The van der Waals surface area contributed by atoms with Crippen molar-refractivity contribution in [3.05, 3.63) is 82.8 Å². The summed E-state index contributed by atoms with van der Waals surface area (Å²) in [5, 5.41) is 7.71. The van der Waals surface area contributed by atoms with Gasteiger partial charge in [-0.25, -0.2) is 0 Å². The highest BCUT2D eigenvalue weighted by molar-refractivity contribution is 6.43. The van der Waals surface area contributed by atoms with E-state index in [2.05, 4.69) is 10.6 Å². The van der Waals surface area contributed by atoms with E-state index in [1.165, 1.54) is 0 Å². The van der Waals surface area contributed by atoms with Crippen molar-refractivity contribution in [3.8, 4) is 11.5 Å². The molecule has 0 amide bonds. The summed E-state index contributed by atoms with van der Waals surface area (Å²) in [5.41, 5.74) is 1.86. The van der Waals surface area contributed by atoms with E-state index in [0.29, 0.717) is 10.0 Å². The average Bonchev–Trinajstić information content (AvgIpc) is 2.64. The van der Waals surface area contributed by atoms with E-state index in [4.69, 9.17) is 27.9 Å². The molecule has 0 spiro atoms. The summed E-state index contributed by atoms with van der Waals surface area (Å²) in [4.78, 5) is 0. The van der Waals surface area contributed by atoms with E-state index >= 15 is 0 Å². The molecule has 0 aliphatic heterocycles. The number of anilines is 2. The summed E-state index contributed by atoms with van der Waals surface area (Å²) in [5.74, 6) is 1.63. The first-order valence-electron chi connectivity index (χ1n) is 7.97. The maximum absolute atomic E-state index is 6.14. The predicted molar refractivity (Wildman–Crippen MR) is 106 cm³/mol. The van der Waals surface area contributed by atoms with Gasteiger partial charge in [-0.2, -0.15) is 0 Å². The Bertz CT molecular complexity index is 808. The van der Waals surface area contributed by atoms with Crippen LogP contribution in [0, 0.1) is 0 Å². The van der Waals surface area contributed by atoms with Gasteiger partial charge in [0.15, 0.2) is 0 Å². The van der Waals surface area contributed by atoms with Crippen LogP contribution in [0.1, 0.15) is 0 Å². The lowest BCUT2D eigenvalue weighted by Gasteiger charge is -2.11. The number of hydrogen-bond donors (Lipinski definition) is 2. The summed E-state index contributed by atoms with van der Waals surface area (Å²) >= 11 is 12.1. The third kappa shape index (κ3) is 5.05. The Morgan fingerprint density at radius 3 is 2.12 bits per heavy atom. The van der Waals surface area contributed by atoms with Gasteiger partial charge in [0.25, 0.3) is 0 Å². The molecule has 0 aliphatic carbocycles. The van der Waals surface area contributed by atoms with E-state index in [1.807, 2.05) is 66.7 Å². The fraction of sp³-hybridized carbons (Fsp3) is 0.100. The lowest BCUT2D eigenvalue weighted by molar-refractivity contribution is 0.483. The first kappa shape index (κ1) is 17.5. The van der Waals surface area contributed by atoms with Crippen LogP contribution < -0.4 is 15.4 Å². The maximum atomic E-state index is 6.14. The van der Waals surface area contributed by atoms with E-state index in [-0.39, 0.29) is 0 Å². The standard InChI is InChI=1S/C20H18Cl2N2O/c21-18-7-4-8-19(20(18)22)24-14-13-23-15-9-11-17(12-10-15)25-16-5-2-1-3-6-16/h1-12,23-24H,13-14H2. The lowest BCUT2D eigenvalue weighted by atomic mass is 10.3. The fourth-order valence-electron chi connectivity index (χ4n) is 2.31. The summed E-state index contributed by atoms with van der Waals surface area (Å²) in [6.07, 6.45) is 0. The molecule has 5 heteroatoms. The second kappa shape index (κ2) is 8.65. The van der Waals surface area contributed by atoms with Crippen molar-refractivity contribution in [1.82, 2.24) is 0 Å². The molecular formula is C20H18Cl2N2O. The van der Waals surface area contributed by atoms with Gasteiger partial charge >= 0.3 is 0 Å². The fourth-order valence-corrected chi connectivity index (χ4v) is 2.68. The number of ether oxygens (including phenoxy) is 1. The van der Waals surface area contributed by atoms with E-state index in [0.717, 1.165) is 36.0 Å². The van der Waals surface area contributed by atoms with Crippen LogP contribution in [0.2, 0.25) is 10.0 Å². The highest BCUT2D eigenvalue weighted by atomic mass is 35.5. The third-order valence-electron chi connectivity index (χ3n) is 3.55. The molecule has 0 atom stereocenters. The highest BCUT2D eigenvalue weighted by Crippen LogP contribution is 2.29. The predicted octanol–water partition coefficient (Wildman–Crippen LogP) is 6.31. The van der Waals surface area contributed by atoms with Crippen molar-refractivity contribution in [2.45, 2.75) is 0 Å². The van der Waals surface area contributed by atoms with Gasteiger partial charge in [-0.1, -0.05) is 47.5 Å². The number of para-hydroxylation sites is 1. The molecule has 3 nitrogen and oxygen atoms in total. The molecule has 3 aromatic carbocycles. The van der Waals surface area contributed by atoms with Crippen LogP contribution in [0.25, 0.3) is 0 Å². The molecule has 0 saturated heterocycles. The maximum Gasteiger partial charge on any atom is 0.127 e. The van der Waals surface area contributed by atoms with Crippen molar-refractivity contribution >= 4 is 34.6 Å². The molecule has 3 rings (SSSR count). The van der Waals surface area contributed by atoms with Crippen molar-refractivity contribution in [1.29, 1.82) is 0 Å². The van der Waals surface area contributed by atoms with Crippen LogP contribution in [-0.2, 0) is 0 Å². The largest absolute Gasteiger partial charge is 0.457 e. The topological polar surface area (TPSA) is 33.3 Å². The minimum Gasteiger partial charge on any atom is -0.457 e. The highest BCUT2D eigenvalue weighted by Gasteiger charge is 2.03. The van der Waals surface area contributed by atoms with Crippen LogP contribution in [0.15, 0.2) is 72.8 Å². The Labute approximate surface area is 157 Å². The van der Waals surface area contributed by atoms with Crippen LogP contribution in [0.5, 0.6) is 11.5 Å². The summed E-state index contributed by atoms with van der Waals surface area (Å²) < 4.78 is 5.77. The Kier molecular flexibility index (Phi) is 6.04. The molecule has 128 valence electrons. The van der Waals surface area contributed by atoms with Gasteiger partial charge in [-0.05, 0) is 48.5 Å². The molecule has 0 heterocycles. The molecule has 0 fully saturated rings. The molecule has 0 aliphatic rings. The number of halogens is 2. The average molecular weight is 373 g/mol. The lowest BCUT2D eigenvalue weighted by Crippen LogP contribution is -2.13. The van der Waals surface area contributed by atoms with Crippen LogP contribution in [-0.4, -0.2) is 13.1 Å². The van der Waals surface area contributed by atoms with Gasteiger partial charge < -0.3 is 15.4 Å². The smallest absolute Gasteiger partial charge is 0.127 e. The van der Waals surface area contributed by atoms with Crippen LogP contribution in [0.4, 0.5) is 11.4 Å². The summed E-state index contributed by atoms with van der Waals surface area (Å²) in [6.45, 7) is 1.48. The van der Waals surface area contributed by atoms with Gasteiger partial charge in [0.05, 0.1) is 15.7 Å². The SMILES string of the molecule is Clc1cccc(NCCNc2ccc(Oc3ccccc3)cc2)c1Cl. The van der Waals surface area contributed by atoms with Gasteiger partial charge in [0.1, 0.15) is 11.5 Å². The van der Waals surface area contributed by atoms with Crippen molar-refractivity contribution in [2.24, 2.45) is 0 Å². The summed E-state index contributed by atoms with van der Waals surface area (Å²) in [7, 11) is 0. The molecule has 0 bridgehead atoms. The van der Waals surface area contributed by atoms with E-state index < -0.39 is 0 Å². The Morgan fingerprint density at radius 2 is 1.36 bits per heavy atom. The zero-order valence-electron chi connectivity index (χ0n) is 13.5. The first-order chi connectivity index (χ1) is 12.2. The minimum atomic E-state index is 0.548. The molecule has 2 N–H and O–H groups in total. The van der Waals surface area contributed by atoms with Gasteiger partial charge in [-0.3, -0.25) is 0 Å². The summed E-state index contributed by atoms with van der Waals surface area (Å²) in [6, 6.07) is 23.1. The number of rotatable bonds is 7. The number of benzene rings is 3. The molecule has 25 heavy (non-hydrogen) atoms. The van der Waals surface area contributed by atoms with Crippen molar-refractivity contribution in [3.63, 3.8) is 0 Å². The molecule has 3 aromatic rings. The normalized spacial score (nSPS) is 10.3. The monoisotopic (exact) mass is 372 g/mol. The zero-order chi connectivity index (χ0) is 17.5. The first-order valence-corrected chi connectivity index (χ1v) is 8.73. The Balaban J connectivity index is 1.46. The van der Waals surface area contributed by atoms with Crippen LogP contribution >= 0.6 is 23.2 Å². The van der Waals surface area contributed by atoms with Crippen molar-refractivity contribution < 1.29 is 4.74 Å². The Hall–Kier alpha value is -2.36. The number of hydrogen-bond acceptors (Lipinski definition) is 3. The zero-order valence-corrected chi connectivity index (χ0v) is 15.0. The third-order valence-corrected chi connectivity index (χ3v) is 4.37. The minimum absolute atomic E-state index is 0.548. The van der Waals surface area contributed by atoms with Gasteiger partial charge in [0.2, 0.25) is 0 Å². The number of nitrogens with one attached hydrogen (secondary N) is 2. The second-order valence-electron chi connectivity index (χ2n) is 5.39. The van der Waals surface area contributed by atoms with Crippen LogP contribution in [0.3, 0.4) is 0 Å². The van der Waals surface area contributed by atoms with Crippen molar-refractivity contribution in [2.75, 3.05) is 23.7 Å². The quantitative estimate of drug-likeness (QED) is 0.476. The molecule has 0 radical (unpaired) electrons. The molecular weight excluding hydrogens is 355 g/mol.